The molecule has 1 aromatic heterocycles. The van der Waals surface area contributed by atoms with E-state index in [0.29, 0.717) is 28.2 Å². The first-order valence-corrected chi connectivity index (χ1v) is 11.3. The number of nitrogens with zero attached hydrogens (tertiary/aromatic N) is 3. The summed E-state index contributed by atoms with van der Waals surface area (Å²) in [6.07, 6.45) is 0. The zero-order valence-corrected chi connectivity index (χ0v) is 19.4. The molecule has 32 heavy (non-hydrogen) atoms. The van der Waals surface area contributed by atoms with Crippen molar-refractivity contribution in [2.45, 2.75) is 38.5 Å². The van der Waals surface area contributed by atoms with Crippen LogP contribution in [0.1, 0.15) is 41.6 Å². The highest BCUT2D eigenvalue weighted by Gasteiger charge is 2.21. The van der Waals surface area contributed by atoms with Crippen molar-refractivity contribution in [1.82, 2.24) is 20.1 Å². The fraction of sp³-hybridized carbons (Fsp3) is 0.273. The van der Waals surface area contributed by atoms with Crippen LogP contribution in [0.4, 0.5) is 10.1 Å². The van der Waals surface area contributed by atoms with Gasteiger partial charge in [0.15, 0.2) is 11.0 Å². The van der Waals surface area contributed by atoms with Crippen LogP contribution in [0.25, 0.3) is 0 Å². The normalized spacial score (nSPS) is 11.8. The number of nitrogens with one attached hydrogen (secondary N) is 2. The van der Waals surface area contributed by atoms with Gasteiger partial charge in [-0.15, -0.1) is 10.2 Å². The molecule has 168 valence electrons. The van der Waals surface area contributed by atoms with E-state index in [1.165, 1.54) is 30.0 Å². The Bertz CT molecular complexity index is 1140. The van der Waals surface area contributed by atoms with Crippen molar-refractivity contribution >= 4 is 40.9 Å². The van der Waals surface area contributed by atoms with Gasteiger partial charge in [-0.3, -0.25) is 9.59 Å². The van der Waals surface area contributed by atoms with E-state index in [-0.39, 0.29) is 17.2 Å². The molecule has 2 aromatic carbocycles. The molecule has 2 N–H and O–H groups in total. The van der Waals surface area contributed by atoms with E-state index in [0.717, 1.165) is 5.56 Å². The van der Waals surface area contributed by atoms with Gasteiger partial charge in [0, 0.05) is 17.3 Å². The molecule has 3 aromatic rings. The Kier molecular flexibility index (Phi) is 7.87. The number of anilines is 1. The summed E-state index contributed by atoms with van der Waals surface area (Å²) in [7, 11) is 0. The second kappa shape index (κ2) is 10.6. The zero-order valence-electron chi connectivity index (χ0n) is 17.9. The van der Waals surface area contributed by atoms with Crippen LogP contribution in [0.3, 0.4) is 0 Å². The number of aromatic nitrogens is 3. The Balaban J connectivity index is 1.65. The van der Waals surface area contributed by atoms with Gasteiger partial charge in [-0.25, -0.2) is 4.39 Å². The number of carbonyl (C=O) groups excluding carboxylic acids is 2. The first-order valence-electron chi connectivity index (χ1n) is 9.98. The Morgan fingerprint density at radius 1 is 1.19 bits per heavy atom. The first-order chi connectivity index (χ1) is 15.3. The monoisotopic (exact) mass is 475 g/mol. The van der Waals surface area contributed by atoms with E-state index in [1.54, 1.807) is 31.2 Å². The van der Waals surface area contributed by atoms with Crippen molar-refractivity contribution in [3.05, 3.63) is 70.3 Å². The highest BCUT2D eigenvalue weighted by atomic mass is 35.5. The van der Waals surface area contributed by atoms with E-state index < -0.39 is 17.8 Å². The SMILES string of the molecule is CCn1c(SCC(=O)Nc2cccc(Cl)c2C)nnc1[C@@H](C)NC(=O)c1ccccc1F. The number of rotatable bonds is 8. The standard InChI is InChI=1S/C22H23ClFN5O2S/c1-4-29-20(14(3)25-21(31)15-8-5-6-10-17(15)24)27-28-22(29)32-12-19(30)26-18-11-7-9-16(23)13(18)2/h5-11,14H,4,12H2,1-3H3,(H,25,31)(H,26,30)/t14-/m1/s1. The lowest BCUT2D eigenvalue weighted by Gasteiger charge is -2.15. The summed E-state index contributed by atoms with van der Waals surface area (Å²) >= 11 is 7.33. The molecule has 0 saturated heterocycles. The summed E-state index contributed by atoms with van der Waals surface area (Å²) in [4.78, 5) is 24.8. The van der Waals surface area contributed by atoms with Crippen molar-refractivity contribution in [2.75, 3.05) is 11.1 Å². The predicted molar refractivity (Wildman–Crippen MR) is 124 cm³/mol. The number of thioether (sulfide) groups is 1. The summed E-state index contributed by atoms with van der Waals surface area (Å²) < 4.78 is 15.7. The molecular weight excluding hydrogens is 453 g/mol. The van der Waals surface area contributed by atoms with Crippen LogP contribution >= 0.6 is 23.4 Å². The van der Waals surface area contributed by atoms with Gasteiger partial charge in [-0.05, 0) is 50.6 Å². The van der Waals surface area contributed by atoms with Crippen LogP contribution in [-0.2, 0) is 11.3 Å². The molecule has 0 aliphatic carbocycles. The molecule has 1 heterocycles. The van der Waals surface area contributed by atoms with E-state index in [1.807, 2.05) is 18.4 Å². The molecule has 0 unspecified atom stereocenters. The predicted octanol–water partition coefficient (Wildman–Crippen LogP) is 4.62. The largest absolute Gasteiger partial charge is 0.342 e. The number of amides is 2. The molecule has 0 bridgehead atoms. The minimum absolute atomic E-state index is 0.0375. The summed E-state index contributed by atoms with van der Waals surface area (Å²) in [5, 5.41) is 15.1. The second-order valence-corrected chi connectivity index (χ2v) is 8.36. The maximum Gasteiger partial charge on any atom is 0.254 e. The smallest absolute Gasteiger partial charge is 0.254 e. The fourth-order valence-corrected chi connectivity index (χ4v) is 4.05. The number of hydrogen-bond acceptors (Lipinski definition) is 5. The van der Waals surface area contributed by atoms with Crippen molar-refractivity contribution in [3.8, 4) is 0 Å². The zero-order chi connectivity index (χ0) is 23.3. The van der Waals surface area contributed by atoms with Gasteiger partial charge >= 0.3 is 0 Å². The van der Waals surface area contributed by atoms with Crippen LogP contribution in [0.5, 0.6) is 0 Å². The Morgan fingerprint density at radius 2 is 1.94 bits per heavy atom. The van der Waals surface area contributed by atoms with Crippen LogP contribution in [0.2, 0.25) is 5.02 Å². The molecule has 0 aliphatic rings. The molecule has 0 fully saturated rings. The summed E-state index contributed by atoms with van der Waals surface area (Å²) in [5.41, 5.74) is 1.42. The average molecular weight is 476 g/mol. The molecule has 0 saturated carbocycles. The van der Waals surface area contributed by atoms with Gasteiger partial charge in [-0.2, -0.15) is 0 Å². The second-order valence-electron chi connectivity index (χ2n) is 7.01. The molecule has 0 radical (unpaired) electrons. The maximum absolute atomic E-state index is 13.9. The maximum atomic E-state index is 13.9. The number of carbonyl (C=O) groups is 2. The van der Waals surface area contributed by atoms with Gasteiger partial charge < -0.3 is 15.2 Å². The summed E-state index contributed by atoms with van der Waals surface area (Å²) in [6, 6.07) is 10.6. The van der Waals surface area contributed by atoms with Crippen molar-refractivity contribution in [1.29, 1.82) is 0 Å². The van der Waals surface area contributed by atoms with Crippen LogP contribution in [0.15, 0.2) is 47.6 Å². The molecule has 0 aliphatic heterocycles. The molecule has 2 amide bonds. The summed E-state index contributed by atoms with van der Waals surface area (Å²) in [5.74, 6) is -0.683. The lowest BCUT2D eigenvalue weighted by atomic mass is 10.2. The van der Waals surface area contributed by atoms with E-state index in [4.69, 9.17) is 11.6 Å². The van der Waals surface area contributed by atoms with Gasteiger partial charge in [0.05, 0.1) is 17.4 Å². The molecule has 7 nitrogen and oxygen atoms in total. The Morgan fingerprint density at radius 3 is 2.66 bits per heavy atom. The van der Waals surface area contributed by atoms with Crippen LogP contribution in [-0.4, -0.2) is 32.3 Å². The minimum Gasteiger partial charge on any atom is -0.342 e. The summed E-state index contributed by atoms with van der Waals surface area (Å²) in [6.45, 7) is 6.04. The molecule has 10 heteroatoms. The Hall–Kier alpha value is -2.91. The number of halogens is 2. The lowest BCUT2D eigenvalue weighted by Crippen LogP contribution is -2.29. The number of hydrogen-bond donors (Lipinski definition) is 2. The molecule has 0 spiro atoms. The van der Waals surface area contributed by atoms with E-state index >= 15 is 0 Å². The third-order valence-corrected chi connectivity index (χ3v) is 6.17. The van der Waals surface area contributed by atoms with Crippen LogP contribution < -0.4 is 10.6 Å². The van der Waals surface area contributed by atoms with Crippen molar-refractivity contribution < 1.29 is 14.0 Å². The highest BCUT2D eigenvalue weighted by Crippen LogP contribution is 2.24. The van der Waals surface area contributed by atoms with E-state index in [9.17, 15) is 14.0 Å². The quantitative estimate of drug-likeness (QED) is 0.464. The third kappa shape index (κ3) is 5.46. The average Bonchev–Trinajstić information content (AvgIpc) is 3.19. The Labute approximate surface area is 194 Å². The van der Waals surface area contributed by atoms with Crippen molar-refractivity contribution in [3.63, 3.8) is 0 Å². The first kappa shape index (κ1) is 23.7. The number of benzene rings is 2. The molecule has 1 atom stereocenters. The van der Waals surface area contributed by atoms with Gasteiger partial charge in [0.2, 0.25) is 5.91 Å². The molecular formula is C22H23ClFN5O2S. The highest BCUT2D eigenvalue weighted by molar-refractivity contribution is 7.99. The van der Waals surface area contributed by atoms with Crippen molar-refractivity contribution in [2.24, 2.45) is 0 Å². The van der Waals surface area contributed by atoms with Gasteiger partial charge in [-0.1, -0.05) is 41.6 Å². The third-order valence-electron chi connectivity index (χ3n) is 4.79. The van der Waals surface area contributed by atoms with Gasteiger partial charge in [0.25, 0.3) is 5.91 Å². The van der Waals surface area contributed by atoms with E-state index in [2.05, 4.69) is 20.8 Å². The topological polar surface area (TPSA) is 88.9 Å². The van der Waals surface area contributed by atoms with Crippen LogP contribution in [0, 0.1) is 12.7 Å². The fourth-order valence-electron chi connectivity index (χ4n) is 3.07. The lowest BCUT2D eigenvalue weighted by molar-refractivity contribution is -0.113. The minimum atomic E-state index is -0.591. The van der Waals surface area contributed by atoms with Gasteiger partial charge in [0.1, 0.15) is 5.82 Å². The molecule has 3 rings (SSSR count).